The Labute approximate surface area is 206 Å². The van der Waals surface area contributed by atoms with Crippen molar-refractivity contribution in [3.8, 4) is 16.9 Å². The Bertz CT molecular complexity index is 1440. The first-order valence-corrected chi connectivity index (χ1v) is 11.3. The Morgan fingerprint density at radius 3 is 2.21 bits per heavy atom. The standard InChI is InChI=1S/C26H19Cl2N5O/c27-22-14-8-7-11-19(22)15-32-17-23(28)25(31-32)29-26(34)21-16-33(20-12-5-2-6-13-20)30-24(21)18-9-3-1-4-10-18/h1-14,16-17H,15H2,(H,29,31,34). The SMILES string of the molecule is O=C(Nc1nn(Cc2ccccc2Cl)cc1Cl)c1cn(-c2ccccc2)nc1-c1ccccc1. The number of benzene rings is 3. The quantitative estimate of drug-likeness (QED) is 0.303. The second-order valence-electron chi connectivity index (χ2n) is 7.61. The molecule has 1 N–H and O–H groups in total. The fourth-order valence-electron chi connectivity index (χ4n) is 3.60. The van der Waals surface area contributed by atoms with E-state index in [0.29, 0.717) is 27.8 Å². The Kier molecular flexibility index (Phi) is 6.16. The summed E-state index contributed by atoms with van der Waals surface area (Å²) in [7, 11) is 0. The van der Waals surface area contributed by atoms with Gasteiger partial charge in [0.2, 0.25) is 0 Å². The summed E-state index contributed by atoms with van der Waals surface area (Å²) in [5, 5.41) is 12.9. The summed E-state index contributed by atoms with van der Waals surface area (Å²) in [5.41, 5.74) is 3.55. The van der Waals surface area contributed by atoms with Crippen LogP contribution in [0.15, 0.2) is 97.3 Å². The van der Waals surface area contributed by atoms with Gasteiger partial charge in [0.1, 0.15) is 10.7 Å². The van der Waals surface area contributed by atoms with Crippen LogP contribution in [0, 0.1) is 0 Å². The van der Waals surface area contributed by atoms with E-state index in [1.807, 2.05) is 84.9 Å². The maximum atomic E-state index is 13.3. The molecule has 0 unspecified atom stereocenters. The number of aromatic nitrogens is 4. The third kappa shape index (κ3) is 4.59. The number of carbonyl (C=O) groups excluding carboxylic acids is 1. The molecule has 0 saturated heterocycles. The Morgan fingerprint density at radius 2 is 1.47 bits per heavy atom. The molecular formula is C26H19Cl2N5O. The maximum absolute atomic E-state index is 13.3. The van der Waals surface area contributed by atoms with Gasteiger partial charge in [-0.3, -0.25) is 9.48 Å². The molecule has 3 aromatic carbocycles. The van der Waals surface area contributed by atoms with Crippen molar-refractivity contribution in [2.45, 2.75) is 6.54 Å². The molecule has 1 amide bonds. The number of rotatable bonds is 6. The minimum Gasteiger partial charge on any atom is -0.304 e. The lowest BCUT2D eigenvalue weighted by atomic mass is 10.1. The second-order valence-corrected chi connectivity index (χ2v) is 8.42. The zero-order chi connectivity index (χ0) is 23.5. The van der Waals surface area contributed by atoms with Gasteiger partial charge in [-0.15, -0.1) is 0 Å². The molecule has 5 aromatic rings. The molecule has 0 saturated carbocycles. The smallest absolute Gasteiger partial charge is 0.260 e. The van der Waals surface area contributed by atoms with E-state index in [4.69, 9.17) is 23.2 Å². The van der Waals surface area contributed by atoms with E-state index >= 15 is 0 Å². The lowest BCUT2D eigenvalue weighted by molar-refractivity contribution is 0.102. The molecule has 0 aliphatic heterocycles. The third-order valence-corrected chi connectivity index (χ3v) is 5.91. The van der Waals surface area contributed by atoms with Crippen LogP contribution in [0.5, 0.6) is 0 Å². The number of carbonyl (C=O) groups is 1. The first-order valence-electron chi connectivity index (χ1n) is 10.6. The zero-order valence-corrected chi connectivity index (χ0v) is 19.4. The van der Waals surface area contributed by atoms with Crippen molar-refractivity contribution >= 4 is 34.9 Å². The van der Waals surface area contributed by atoms with Crippen molar-refractivity contribution in [1.82, 2.24) is 19.6 Å². The summed E-state index contributed by atoms with van der Waals surface area (Å²) in [5.74, 6) is -0.0869. The van der Waals surface area contributed by atoms with Crippen molar-refractivity contribution < 1.29 is 4.79 Å². The van der Waals surface area contributed by atoms with Crippen LogP contribution in [0.3, 0.4) is 0 Å². The number of halogens is 2. The van der Waals surface area contributed by atoms with Gasteiger partial charge < -0.3 is 5.32 Å². The molecule has 0 aliphatic rings. The summed E-state index contributed by atoms with van der Waals surface area (Å²) in [6, 6.07) is 26.7. The van der Waals surface area contributed by atoms with Crippen molar-refractivity contribution in [3.05, 3.63) is 118 Å². The normalized spacial score (nSPS) is 10.9. The molecule has 0 bridgehead atoms. The number of amides is 1. The molecule has 6 nitrogen and oxygen atoms in total. The highest BCUT2D eigenvalue weighted by Crippen LogP contribution is 2.27. The molecule has 168 valence electrons. The van der Waals surface area contributed by atoms with Gasteiger partial charge in [-0.2, -0.15) is 10.2 Å². The highest BCUT2D eigenvalue weighted by atomic mass is 35.5. The van der Waals surface area contributed by atoms with Gasteiger partial charge in [0.05, 0.1) is 17.8 Å². The van der Waals surface area contributed by atoms with E-state index in [-0.39, 0.29) is 11.7 Å². The first kappa shape index (κ1) is 21.9. The minimum absolute atomic E-state index is 0.269. The highest BCUT2D eigenvalue weighted by molar-refractivity contribution is 6.33. The van der Waals surface area contributed by atoms with Crippen molar-refractivity contribution in [2.75, 3.05) is 5.32 Å². The van der Waals surface area contributed by atoms with Crippen LogP contribution >= 0.6 is 23.2 Å². The fraction of sp³-hybridized carbons (Fsp3) is 0.0385. The van der Waals surface area contributed by atoms with Crippen LogP contribution in [0.2, 0.25) is 10.0 Å². The van der Waals surface area contributed by atoms with Crippen molar-refractivity contribution in [3.63, 3.8) is 0 Å². The summed E-state index contributed by atoms with van der Waals surface area (Å²) in [4.78, 5) is 13.3. The number of nitrogens with one attached hydrogen (secondary N) is 1. The predicted molar refractivity (Wildman–Crippen MR) is 135 cm³/mol. The van der Waals surface area contributed by atoms with E-state index in [1.165, 1.54) is 0 Å². The van der Waals surface area contributed by atoms with Gasteiger partial charge in [0.25, 0.3) is 5.91 Å². The summed E-state index contributed by atoms with van der Waals surface area (Å²) in [6.07, 6.45) is 3.37. The van der Waals surface area contributed by atoms with Crippen LogP contribution in [-0.4, -0.2) is 25.5 Å². The monoisotopic (exact) mass is 487 g/mol. The minimum atomic E-state index is -0.356. The number of anilines is 1. The van der Waals surface area contributed by atoms with Gasteiger partial charge in [0, 0.05) is 23.0 Å². The molecule has 34 heavy (non-hydrogen) atoms. The van der Waals surface area contributed by atoms with E-state index in [1.54, 1.807) is 21.8 Å². The van der Waals surface area contributed by atoms with Gasteiger partial charge in [-0.1, -0.05) is 89.9 Å². The van der Waals surface area contributed by atoms with E-state index in [0.717, 1.165) is 16.8 Å². The van der Waals surface area contributed by atoms with E-state index in [9.17, 15) is 4.79 Å². The maximum Gasteiger partial charge on any atom is 0.260 e. The van der Waals surface area contributed by atoms with Crippen LogP contribution in [-0.2, 0) is 6.54 Å². The van der Waals surface area contributed by atoms with Crippen LogP contribution in [0.4, 0.5) is 5.82 Å². The molecule has 2 heterocycles. The Morgan fingerprint density at radius 1 is 0.794 bits per heavy atom. The molecular weight excluding hydrogens is 469 g/mol. The average molecular weight is 488 g/mol. The largest absolute Gasteiger partial charge is 0.304 e. The Balaban J connectivity index is 1.45. The van der Waals surface area contributed by atoms with Crippen LogP contribution in [0.25, 0.3) is 16.9 Å². The van der Waals surface area contributed by atoms with Gasteiger partial charge in [0.15, 0.2) is 5.82 Å². The topological polar surface area (TPSA) is 64.7 Å². The molecule has 0 spiro atoms. The van der Waals surface area contributed by atoms with E-state index in [2.05, 4.69) is 15.5 Å². The number of para-hydroxylation sites is 1. The van der Waals surface area contributed by atoms with Crippen molar-refractivity contribution in [2.24, 2.45) is 0 Å². The number of hydrogen-bond acceptors (Lipinski definition) is 3. The summed E-state index contributed by atoms with van der Waals surface area (Å²) in [6.45, 7) is 0.427. The first-order chi connectivity index (χ1) is 16.6. The number of nitrogens with zero attached hydrogens (tertiary/aromatic N) is 4. The van der Waals surface area contributed by atoms with Gasteiger partial charge in [-0.25, -0.2) is 4.68 Å². The molecule has 0 fully saturated rings. The molecule has 0 atom stereocenters. The molecule has 0 aliphatic carbocycles. The highest BCUT2D eigenvalue weighted by Gasteiger charge is 2.21. The number of hydrogen-bond donors (Lipinski definition) is 1. The Hall–Kier alpha value is -3.87. The molecule has 8 heteroatoms. The average Bonchev–Trinajstić information content (AvgIpc) is 3.46. The lowest BCUT2D eigenvalue weighted by Gasteiger charge is -2.05. The molecule has 2 aromatic heterocycles. The molecule has 5 rings (SSSR count). The summed E-state index contributed by atoms with van der Waals surface area (Å²) >= 11 is 12.6. The zero-order valence-electron chi connectivity index (χ0n) is 17.9. The van der Waals surface area contributed by atoms with Gasteiger partial charge in [-0.05, 0) is 23.8 Å². The lowest BCUT2D eigenvalue weighted by Crippen LogP contribution is -2.13. The van der Waals surface area contributed by atoms with Crippen LogP contribution in [0.1, 0.15) is 15.9 Å². The van der Waals surface area contributed by atoms with E-state index < -0.39 is 0 Å². The molecule has 0 radical (unpaired) electrons. The predicted octanol–water partition coefficient (Wildman–Crippen LogP) is 6.34. The van der Waals surface area contributed by atoms with Gasteiger partial charge >= 0.3 is 0 Å². The summed E-state index contributed by atoms with van der Waals surface area (Å²) < 4.78 is 3.33. The van der Waals surface area contributed by atoms with Crippen molar-refractivity contribution in [1.29, 1.82) is 0 Å². The third-order valence-electron chi connectivity index (χ3n) is 5.27. The fourth-order valence-corrected chi connectivity index (χ4v) is 3.99. The second kappa shape index (κ2) is 9.55. The van der Waals surface area contributed by atoms with Crippen LogP contribution < -0.4 is 5.32 Å².